The van der Waals surface area contributed by atoms with Crippen LogP contribution in [0.1, 0.15) is 31.0 Å². The van der Waals surface area contributed by atoms with Crippen molar-refractivity contribution in [2.45, 2.75) is 26.7 Å². The largest absolute Gasteiger partial charge is 0.368 e. The van der Waals surface area contributed by atoms with Crippen molar-refractivity contribution in [3.63, 3.8) is 0 Å². The molecule has 3 aromatic rings. The zero-order chi connectivity index (χ0) is 16.7. The predicted molar refractivity (Wildman–Crippen MR) is 85.9 cm³/mol. The number of nitrogens with zero attached hydrogens (tertiary/aromatic N) is 3. The van der Waals surface area contributed by atoms with Gasteiger partial charge in [0.1, 0.15) is 17.0 Å². The van der Waals surface area contributed by atoms with E-state index in [0.29, 0.717) is 10.9 Å². The van der Waals surface area contributed by atoms with Crippen LogP contribution in [0.3, 0.4) is 0 Å². The minimum Gasteiger partial charge on any atom is -0.368 e. The Bertz CT molecular complexity index is 907. The molecule has 0 aliphatic rings. The highest BCUT2D eigenvalue weighted by molar-refractivity contribution is 5.88. The number of hydrogen-bond acceptors (Lipinski definition) is 4. The molecule has 0 saturated heterocycles. The Hall–Kier alpha value is -2.63. The fourth-order valence-electron chi connectivity index (χ4n) is 2.64. The molecule has 2 heterocycles. The third-order valence-electron chi connectivity index (χ3n) is 3.69. The number of halogens is 2. The van der Waals surface area contributed by atoms with Crippen molar-refractivity contribution in [3.8, 4) is 11.3 Å². The zero-order valence-electron chi connectivity index (χ0n) is 13.1. The van der Waals surface area contributed by atoms with Crippen molar-refractivity contribution in [1.29, 1.82) is 0 Å². The van der Waals surface area contributed by atoms with Gasteiger partial charge < -0.3 is 5.73 Å². The van der Waals surface area contributed by atoms with E-state index in [0.717, 1.165) is 17.5 Å². The van der Waals surface area contributed by atoms with E-state index in [4.69, 9.17) is 5.73 Å². The molecule has 0 radical (unpaired) electrons. The van der Waals surface area contributed by atoms with Crippen molar-refractivity contribution >= 4 is 16.9 Å². The Balaban J connectivity index is 2.35. The fourth-order valence-corrected chi connectivity index (χ4v) is 2.64. The SMILES string of the molecule is Cc1cc(C(C)C)c2cc(-c3nc(N)ncc3F)cc(F)c2n1. The number of pyridine rings is 1. The highest BCUT2D eigenvalue weighted by Crippen LogP contribution is 2.32. The third kappa shape index (κ3) is 2.72. The average molecular weight is 314 g/mol. The molecule has 4 nitrogen and oxygen atoms in total. The van der Waals surface area contributed by atoms with Crippen LogP contribution in [-0.2, 0) is 0 Å². The summed E-state index contributed by atoms with van der Waals surface area (Å²) in [6, 6.07) is 4.84. The van der Waals surface area contributed by atoms with Gasteiger partial charge in [-0.3, -0.25) is 4.98 Å². The molecule has 0 saturated carbocycles. The van der Waals surface area contributed by atoms with E-state index in [9.17, 15) is 8.78 Å². The molecule has 23 heavy (non-hydrogen) atoms. The van der Waals surface area contributed by atoms with Crippen LogP contribution in [-0.4, -0.2) is 15.0 Å². The smallest absolute Gasteiger partial charge is 0.220 e. The highest BCUT2D eigenvalue weighted by atomic mass is 19.1. The Morgan fingerprint density at radius 3 is 2.48 bits per heavy atom. The number of aryl methyl sites for hydroxylation is 1. The van der Waals surface area contributed by atoms with Crippen LogP contribution in [0.15, 0.2) is 24.4 Å². The third-order valence-corrected chi connectivity index (χ3v) is 3.69. The van der Waals surface area contributed by atoms with Gasteiger partial charge >= 0.3 is 0 Å². The van der Waals surface area contributed by atoms with Crippen LogP contribution in [0, 0.1) is 18.6 Å². The number of fused-ring (bicyclic) bond motifs is 1. The standard InChI is InChI=1S/C17H16F2N4/c1-8(2)11-4-9(3)22-16-12(11)5-10(6-13(16)18)15-14(19)7-21-17(20)23-15/h4-8H,1-3H3,(H2,20,21,23). The number of aromatic nitrogens is 3. The first-order valence-corrected chi connectivity index (χ1v) is 7.26. The first-order valence-electron chi connectivity index (χ1n) is 7.26. The van der Waals surface area contributed by atoms with Gasteiger partial charge in [0.25, 0.3) is 0 Å². The average Bonchev–Trinajstić information content (AvgIpc) is 2.49. The lowest BCUT2D eigenvalue weighted by Gasteiger charge is -2.13. The quantitative estimate of drug-likeness (QED) is 0.777. The molecule has 0 unspecified atom stereocenters. The lowest BCUT2D eigenvalue weighted by Crippen LogP contribution is -2.01. The Morgan fingerprint density at radius 2 is 1.78 bits per heavy atom. The van der Waals surface area contributed by atoms with Crippen LogP contribution in [0.5, 0.6) is 0 Å². The van der Waals surface area contributed by atoms with E-state index in [-0.39, 0.29) is 23.1 Å². The van der Waals surface area contributed by atoms with Crippen molar-refractivity contribution < 1.29 is 8.78 Å². The maximum atomic E-state index is 14.5. The summed E-state index contributed by atoms with van der Waals surface area (Å²) in [6.07, 6.45) is 0.983. The van der Waals surface area contributed by atoms with Gasteiger partial charge in [-0.1, -0.05) is 13.8 Å². The van der Waals surface area contributed by atoms with Crippen LogP contribution in [0.2, 0.25) is 0 Å². The monoisotopic (exact) mass is 314 g/mol. The molecule has 2 N–H and O–H groups in total. The second-order valence-electron chi connectivity index (χ2n) is 5.79. The fraction of sp³-hybridized carbons (Fsp3) is 0.235. The first-order chi connectivity index (χ1) is 10.9. The van der Waals surface area contributed by atoms with Crippen molar-refractivity contribution in [2.24, 2.45) is 0 Å². The second kappa shape index (κ2) is 5.53. The number of nitrogen functional groups attached to an aromatic ring is 1. The van der Waals surface area contributed by atoms with Gasteiger partial charge in [-0.15, -0.1) is 0 Å². The summed E-state index contributed by atoms with van der Waals surface area (Å²) >= 11 is 0. The molecule has 2 aromatic heterocycles. The second-order valence-corrected chi connectivity index (χ2v) is 5.79. The number of anilines is 1. The number of benzene rings is 1. The molecule has 0 atom stereocenters. The van der Waals surface area contributed by atoms with Gasteiger partial charge in [0.2, 0.25) is 5.95 Å². The van der Waals surface area contributed by atoms with Crippen LogP contribution < -0.4 is 5.73 Å². The van der Waals surface area contributed by atoms with E-state index in [2.05, 4.69) is 15.0 Å². The predicted octanol–water partition coefficient (Wildman–Crippen LogP) is 3.98. The van der Waals surface area contributed by atoms with Crippen molar-refractivity contribution in [3.05, 3.63) is 47.3 Å². The summed E-state index contributed by atoms with van der Waals surface area (Å²) in [7, 11) is 0. The summed E-state index contributed by atoms with van der Waals surface area (Å²) in [5, 5.41) is 0.650. The molecule has 0 fully saturated rings. The minimum absolute atomic E-state index is 0.0198. The zero-order valence-corrected chi connectivity index (χ0v) is 13.1. The normalized spacial score (nSPS) is 11.4. The number of nitrogens with two attached hydrogens (primary N) is 1. The van der Waals surface area contributed by atoms with E-state index in [1.54, 1.807) is 6.07 Å². The van der Waals surface area contributed by atoms with Gasteiger partial charge in [0.05, 0.1) is 6.20 Å². The molecule has 0 aliphatic carbocycles. The van der Waals surface area contributed by atoms with E-state index in [1.165, 1.54) is 6.07 Å². The van der Waals surface area contributed by atoms with Gasteiger partial charge in [0, 0.05) is 16.6 Å². The molecular weight excluding hydrogens is 298 g/mol. The molecule has 6 heteroatoms. The molecule has 118 valence electrons. The van der Waals surface area contributed by atoms with E-state index < -0.39 is 11.6 Å². The molecule has 0 bridgehead atoms. The molecular formula is C17H16F2N4. The maximum absolute atomic E-state index is 14.5. The Labute approximate surface area is 132 Å². The van der Waals surface area contributed by atoms with Gasteiger partial charge in [-0.25, -0.2) is 18.7 Å². The summed E-state index contributed by atoms with van der Waals surface area (Å²) in [6.45, 7) is 5.85. The summed E-state index contributed by atoms with van der Waals surface area (Å²) in [5.74, 6) is -1.05. The topological polar surface area (TPSA) is 64.7 Å². The lowest BCUT2D eigenvalue weighted by atomic mass is 9.95. The lowest BCUT2D eigenvalue weighted by molar-refractivity contribution is 0.617. The van der Waals surface area contributed by atoms with Crippen LogP contribution in [0.4, 0.5) is 14.7 Å². The summed E-state index contributed by atoms with van der Waals surface area (Å²) < 4.78 is 28.5. The summed E-state index contributed by atoms with van der Waals surface area (Å²) in [5.41, 5.74) is 7.79. The Kier molecular flexibility index (Phi) is 3.67. The van der Waals surface area contributed by atoms with Gasteiger partial charge in [-0.2, -0.15) is 0 Å². The van der Waals surface area contributed by atoms with Gasteiger partial charge in [0.15, 0.2) is 5.82 Å². The molecule has 3 rings (SSSR count). The summed E-state index contributed by atoms with van der Waals surface area (Å²) in [4.78, 5) is 11.7. The molecule has 0 aliphatic heterocycles. The Morgan fingerprint density at radius 1 is 1.04 bits per heavy atom. The minimum atomic E-state index is -0.649. The first kappa shape index (κ1) is 15.3. The van der Waals surface area contributed by atoms with Crippen molar-refractivity contribution in [2.75, 3.05) is 5.73 Å². The molecule has 1 aromatic carbocycles. The van der Waals surface area contributed by atoms with Crippen molar-refractivity contribution in [1.82, 2.24) is 15.0 Å². The van der Waals surface area contributed by atoms with Crippen LogP contribution >= 0.6 is 0 Å². The highest BCUT2D eigenvalue weighted by Gasteiger charge is 2.16. The maximum Gasteiger partial charge on any atom is 0.220 e. The molecule has 0 amide bonds. The van der Waals surface area contributed by atoms with Crippen LogP contribution in [0.25, 0.3) is 22.2 Å². The van der Waals surface area contributed by atoms with E-state index >= 15 is 0 Å². The van der Waals surface area contributed by atoms with E-state index in [1.807, 2.05) is 26.8 Å². The number of rotatable bonds is 2. The molecule has 0 spiro atoms. The number of hydrogen-bond donors (Lipinski definition) is 1. The van der Waals surface area contributed by atoms with Gasteiger partial charge in [-0.05, 0) is 36.6 Å².